The molecular weight excluding hydrogens is 390 g/mol. The third-order valence-electron chi connectivity index (χ3n) is 2.81. The molecule has 7 heteroatoms. The van der Waals surface area contributed by atoms with Gasteiger partial charge in [-0.2, -0.15) is 0 Å². The number of carbonyl (C=O) groups excluding carboxylic acids is 1. The molecule has 0 amide bonds. The fourth-order valence-corrected chi connectivity index (χ4v) is 2.06. The van der Waals surface area contributed by atoms with E-state index in [1.165, 1.54) is 19.2 Å². The highest BCUT2D eigenvalue weighted by Gasteiger charge is 2.22. The number of carbonyl (C=O) groups is 1. The first-order valence-electron chi connectivity index (χ1n) is 5.99. The van der Waals surface area contributed by atoms with Crippen LogP contribution >= 0.6 is 22.6 Å². The van der Waals surface area contributed by atoms with Gasteiger partial charge in [-0.3, -0.25) is 0 Å². The second kappa shape index (κ2) is 6.33. The minimum Gasteiger partial charge on any atom is -0.465 e. The van der Waals surface area contributed by atoms with E-state index in [1.54, 1.807) is 19.9 Å². The minimum atomic E-state index is -0.608. The van der Waals surface area contributed by atoms with Gasteiger partial charge in [-0.15, -0.1) is 10.2 Å². The van der Waals surface area contributed by atoms with Crippen LogP contribution in [0.15, 0.2) is 18.2 Å². The lowest BCUT2D eigenvalue weighted by molar-refractivity contribution is 0.0595. The number of nitrogens with zero attached hydrogens (tertiary/aromatic N) is 2. The summed E-state index contributed by atoms with van der Waals surface area (Å²) in [5, 5.41) is 7.70. The highest BCUT2D eigenvalue weighted by molar-refractivity contribution is 14.1. The summed E-state index contributed by atoms with van der Waals surface area (Å²) < 4.78 is 24.5. The first-order chi connectivity index (χ1) is 9.93. The second-order valence-electron chi connectivity index (χ2n) is 4.32. The second-order valence-corrected chi connectivity index (χ2v) is 5.35. The van der Waals surface area contributed by atoms with Crippen molar-refractivity contribution in [2.24, 2.45) is 0 Å². The van der Waals surface area contributed by atoms with Crippen molar-refractivity contribution < 1.29 is 18.7 Å². The zero-order valence-corrected chi connectivity index (χ0v) is 13.8. The number of esters is 1. The molecule has 0 aliphatic heterocycles. The van der Waals surface area contributed by atoms with Crippen molar-refractivity contribution in [3.8, 4) is 11.6 Å². The molecule has 0 fully saturated rings. The van der Waals surface area contributed by atoms with Gasteiger partial charge in [0, 0.05) is 5.56 Å². The predicted octanol–water partition coefficient (Wildman–Crippen LogP) is 3.42. The lowest BCUT2D eigenvalue weighted by Crippen LogP contribution is -2.11. The number of methoxy groups -OCH3 is 1. The van der Waals surface area contributed by atoms with Crippen LogP contribution in [0.2, 0.25) is 0 Å². The molecule has 0 bridgehead atoms. The van der Waals surface area contributed by atoms with Crippen LogP contribution in [0.4, 0.5) is 4.39 Å². The van der Waals surface area contributed by atoms with E-state index in [2.05, 4.69) is 10.2 Å². The van der Waals surface area contributed by atoms with Crippen molar-refractivity contribution in [1.82, 2.24) is 10.2 Å². The summed E-state index contributed by atoms with van der Waals surface area (Å²) >= 11 is 1.95. The van der Waals surface area contributed by atoms with E-state index in [9.17, 15) is 9.18 Å². The van der Waals surface area contributed by atoms with Gasteiger partial charge in [0.25, 0.3) is 5.88 Å². The smallest absolute Gasteiger partial charge is 0.343 e. The van der Waals surface area contributed by atoms with E-state index in [0.29, 0.717) is 9.26 Å². The summed E-state index contributed by atoms with van der Waals surface area (Å²) in [4.78, 5) is 11.9. The van der Waals surface area contributed by atoms with Gasteiger partial charge in [0.05, 0.1) is 7.11 Å². The molecule has 0 aliphatic rings. The molecule has 1 aromatic heterocycles. The van der Waals surface area contributed by atoms with Crippen molar-refractivity contribution in [2.75, 3.05) is 7.11 Å². The lowest BCUT2D eigenvalue weighted by Gasteiger charge is -2.11. The number of benzene rings is 1. The number of rotatable bonds is 3. The predicted molar refractivity (Wildman–Crippen MR) is 82.0 cm³/mol. The fourth-order valence-electron chi connectivity index (χ4n) is 1.68. The highest BCUT2D eigenvalue weighted by atomic mass is 127. The maximum atomic E-state index is 13.8. The van der Waals surface area contributed by atoms with Crippen LogP contribution in [0.3, 0.4) is 0 Å². The minimum absolute atomic E-state index is 0.0272. The van der Waals surface area contributed by atoms with Crippen LogP contribution in [-0.2, 0) is 4.74 Å². The Morgan fingerprint density at radius 1 is 1.29 bits per heavy atom. The van der Waals surface area contributed by atoms with Gasteiger partial charge in [-0.25, -0.2) is 9.18 Å². The largest absolute Gasteiger partial charge is 0.465 e. The molecule has 0 saturated carbocycles. The zero-order valence-electron chi connectivity index (χ0n) is 11.6. The molecule has 1 aromatic carbocycles. The monoisotopic (exact) mass is 402 g/mol. The molecule has 0 atom stereocenters. The van der Waals surface area contributed by atoms with Gasteiger partial charge in [0.1, 0.15) is 9.26 Å². The Bertz CT molecular complexity index is 707. The molecule has 0 spiro atoms. The Hall–Kier alpha value is -1.77. The number of hydrogen-bond acceptors (Lipinski definition) is 5. The normalized spacial score (nSPS) is 10.3. The first kappa shape index (κ1) is 15.6. The van der Waals surface area contributed by atoms with Crippen molar-refractivity contribution in [3.05, 3.63) is 44.4 Å². The van der Waals surface area contributed by atoms with Crippen molar-refractivity contribution in [2.45, 2.75) is 13.8 Å². The molecule has 0 radical (unpaired) electrons. The van der Waals surface area contributed by atoms with Gasteiger partial charge in [-0.1, -0.05) is 6.07 Å². The molecule has 0 N–H and O–H groups in total. The van der Waals surface area contributed by atoms with Crippen LogP contribution in [0.5, 0.6) is 11.6 Å². The van der Waals surface area contributed by atoms with Crippen LogP contribution < -0.4 is 4.74 Å². The average Bonchev–Trinajstić information content (AvgIpc) is 2.45. The van der Waals surface area contributed by atoms with E-state index in [-0.39, 0.29) is 17.2 Å². The van der Waals surface area contributed by atoms with Gasteiger partial charge in [-0.05, 0) is 54.1 Å². The molecule has 2 aromatic rings. The Kier molecular flexibility index (Phi) is 4.71. The van der Waals surface area contributed by atoms with Gasteiger partial charge in [0.2, 0.25) is 0 Å². The highest BCUT2D eigenvalue weighted by Crippen LogP contribution is 2.29. The average molecular weight is 402 g/mol. The van der Waals surface area contributed by atoms with E-state index in [4.69, 9.17) is 9.47 Å². The molecule has 110 valence electrons. The number of aromatic nitrogens is 2. The zero-order chi connectivity index (χ0) is 15.6. The standard InChI is InChI=1S/C14H12FIN2O3/c1-7-4-5-10(9(15)6-7)21-13-11(14(19)20-3)8(2)12(16)17-18-13/h4-6H,1-3H3. The van der Waals surface area contributed by atoms with Gasteiger partial charge in [0.15, 0.2) is 11.6 Å². The number of hydrogen-bond donors (Lipinski definition) is 0. The Labute approximate surface area is 134 Å². The third kappa shape index (κ3) is 3.29. The Morgan fingerprint density at radius 3 is 2.62 bits per heavy atom. The summed E-state index contributed by atoms with van der Waals surface area (Å²) in [6, 6.07) is 4.50. The van der Waals surface area contributed by atoms with Gasteiger partial charge >= 0.3 is 5.97 Å². The first-order valence-corrected chi connectivity index (χ1v) is 7.07. The summed E-state index contributed by atoms with van der Waals surface area (Å²) in [6.45, 7) is 3.46. The molecule has 21 heavy (non-hydrogen) atoms. The van der Waals surface area contributed by atoms with Crippen LogP contribution in [0, 0.1) is 23.4 Å². The van der Waals surface area contributed by atoms with E-state index in [0.717, 1.165) is 5.56 Å². The summed E-state index contributed by atoms with van der Waals surface area (Å²) in [5.41, 5.74) is 1.47. The van der Waals surface area contributed by atoms with Crippen LogP contribution in [0.25, 0.3) is 0 Å². The van der Waals surface area contributed by atoms with E-state index >= 15 is 0 Å². The fraction of sp³-hybridized carbons (Fsp3) is 0.214. The Morgan fingerprint density at radius 2 is 2.00 bits per heavy atom. The quantitative estimate of drug-likeness (QED) is 0.582. The van der Waals surface area contributed by atoms with E-state index < -0.39 is 11.8 Å². The van der Waals surface area contributed by atoms with Crippen molar-refractivity contribution in [1.29, 1.82) is 0 Å². The summed E-state index contributed by atoms with van der Waals surface area (Å²) in [7, 11) is 1.26. The maximum absolute atomic E-state index is 13.8. The number of ether oxygens (including phenoxy) is 2. The summed E-state index contributed by atoms with van der Waals surface area (Å²) in [6.07, 6.45) is 0. The molecular formula is C14H12FIN2O3. The SMILES string of the molecule is COC(=O)c1c(Oc2ccc(C)cc2F)nnc(I)c1C. The molecule has 1 heterocycles. The summed E-state index contributed by atoms with van der Waals surface area (Å²) in [5.74, 6) is -1.25. The van der Waals surface area contributed by atoms with Gasteiger partial charge < -0.3 is 9.47 Å². The number of aryl methyl sites for hydroxylation is 1. The lowest BCUT2D eigenvalue weighted by atomic mass is 10.2. The van der Waals surface area contributed by atoms with Crippen LogP contribution in [-0.4, -0.2) is 23.3 Å². The van der Waals surface area contributed by atoms with Crippen molar-refractivity contribution >= 4 is 28.6 Å². The molecule has 0 unspecified atom stereocenters. The maximum Gasteiger partial charge on any atom is 0.343 e. The van der Waals surface area contributed by atoms with E-state index in [1.807, 2.05) is 22.6 Å². The topological polar surface area (TPSA) is 61.3 Å². The van der Waals surface area contributed by atoms with Crippen molar-refractivity contribution in [3.63, 3.8) is 0 Å². The Balaban J connectivity index is 2.49. The molecule has 0 saturated heterocycles. The number of halogens is 2. The molecule has 0 aliphatic carbocycles. The molecule has 5 nitrogen and oxygen atoms in total. The van der Waals surface area contributed by atoms with Crippen LogP contribution in [0.1, 0.15) is 21.5 Å². The third-order valence-corrected chi connectivity index (χ3v) is 3.84. The molecule has 2 rings (SSSR count).